The van der Waals surface area contributed by atoms with E-state index in [0.29, 0.717) is 13.2 Å². The summed E-state index contributed by atoms with van der Waals surface area (Å²) in [4.78, 5) is 13.8. The highest BCUT2D eigenvalue weighted by Crippen LogP contribution is 2.26. The monoisotopic (exact) mass is 351 g/mol. The minimum atomic E-state index is -0.401. The summed E-state index contributed by atoms with van der Waals surface area (Å²) in [6.45, 7) is 0.783. The van der Waals surface area contributed by atoms with Gasteiger partial charge in [-0.3, -0.25) is 4.79 Å². The number of nitrogens with one attached hydrogen (secondary N) is 1. The Bertz CT molecular complexity index is 577. The van der Waals surface area contributed by atoms with E-state index in [9.17, 15) is 4.79 Å². The van der Waals surface area contributed by atoms with Crippen molar-refractivity contribution in [3.8, 4) is 6.07 Å². The molecule has 0 atom stereocenters. The zero-order valence-corrected chi connectivity index (χ0v) is 13.9. The summed E-state index contributed by atoms with van der Waals surface area (Å²) in [6, 6.07) is 7.57. The van der Waals surface area contributed by atoms with Gasteiger partial charge in [0.25, 0.3) is 5.91 Å². The van der Waals surface area contributed by atoms with E-state index in [0.717, 1.165) is 15.7 Å². The lowest BCUT2D eigenvalue weighted by Gasteiger charge is -2.14. The molecule has 0 radical (unpaired) electrons. The number of nitriles is 1. The molecule has 1 rings (SSSR count). The highest BCUT2D eigenvalue weighted by molar-refractivity contribution is 9.10. The fraction of sp³-hybridized carbons (Fsp3) is 0.333. The van der Waals surface area contributed by atoms with E-state index in [4.69, 9.17) is 10.00 Å². The number of methoxy groups -OCH3 is 1. The van der Waals surface area contributed by atoms with E-state index in [1.807, 2.05) is 43.3 Å². The minimum Gasteiger partial charge on any atom is -0.383 e. The molecule has 0 aliphatic carbocycles. The Morgan fingerprint density at radius 2 is 2.24 bits per heavy atom. The van der Waals surface area contributed by atoms with Gasteiger partial charge in [-0.1, -0.05) is 6.07 Å². The molecule has 112 valence electrons. The second-order valence-electron chi connectivity index (χ2n) is 4.52. The Morgan fingerprint density at radius 1 is 1.52 bits per heavy atom. The minimum absolute atomic E-state index is 0.0654. The second kappa shape index (κ2) is 8.45. The number of carbonyl (C=O) groups is 1. The number of hydrogen-bond donors (Lipinski definition) is 1. The molecule has 1 N–H and O–H groups in total. The molecule has 0 aromatic heterocycles. The van der Waals surface area contributed by atoms with Gasteiger partial charge in [-0.25, -0.2) is 0 Å². The first-order valence-electron chi connectivity index (χ1n) is 6.35. The average Bonchev–Trinajstić information content (AvgIpc) is 2.44. The molecule has 0 heterocycles. The predicted molar refractivity (Wildman–Crippen MR) is 86.9 cm³/mol. The van der Waals surface area contributed by atoms with Crippen molar-refractivity contribution >= 4 is 33.6 Å². The van der Waals surface area contributed by atoms with Crippen molar-refractivity contribution in [2.75, 3.05) is 39.3 Å². The highest BCUT2D eigenvalue weighted by atomic mass is 79.9. The number of ether oxygens (including phenoxy) is 1. The van der Waals surface area contributed by atoms with Crippen molar-refractivity contribution in [3.63, 3.8) is 0 Å². The van der Waals surface area contributed by atoms with Crippen LogP contribution in [0.15, 0.2) is 28.2 Å². The maximum atomic E-state index is 11.8. The van der Waals surface area contributed by atoms with Crippen molar-refractivity contribution in [1.29, 1.82) is 5.26 Å². The van der Waals surface area contributed by atoms with Crippen LogP contribution in [0.25, 0.3) is 6.08 Å². The lowest BCUT2D eigenvalue weighted by atomic mass is 10.1. The largest absolute Gasteiger partial charge is 0.383 e. The molecular formula is C15H18BrN3O2. The lowest BCUT2D eigenvalue weighted by Crippen LogP contribution is -2.27. The van der Waals surface area contributed by atoms with Gasteiger partial charge in [-0.2, -0.15) is 5.26 Å². The maximum absolute atomic E-state index is 11.8. The van der Waals surface area contributed by atoms with Crippen LogP contribution in [-0.4, -0.2) is 40.3 Å². The topological polar surface area (TPSA) is 65.4 Å². The van der Waals surface area contributed by atoms with Crippen LogP contribution in [0.4, 0.5) is 5.69 Å². The van der Waals surface area contributed by atoms with Gasteiger partial charge in [0.1, 0.15) is 11.6 Å². The molecule has 21 heavy (non-hydrogen) atoms. The number of halogens is 1. The van der Waals surface area contributed by atoms with Crippen molar-refractivity contribution in [2.24, 2.45) is 0 Å². The molecule has 1 aromatic carbocycles. The van der Waals surface area contributed by atoms with Gasteiger partial charge >= 0.3 is 0 Å². The molecule has 6 heteroatoms. The number of amides is 1. The van der Waals surface area contributed by atoms with Crippen LogP contribution in [0.3, 0.4) is 0 Å². The van der Waals surface area contributed by atoms with E-state index in [-0.39, 0.29) is 5.57 Å². The fourth-order valence-corrected chi connectivity index (χ4v) is 2.40. The number of benzene rings is 1. The highest BCUT2D eigenvalue weighted by Gasteiger charge is 2.09. The quantitative estimate of drug-likeness (QED) is 0.484. The third-order valence-corrected chi connectivity index (χ3v) is 3.36. The van der Waals surface area contributed by atoms with E-state index < -0.39 is 5.91 Å². The molecule has 0 saturated carbocycles. The zero-order chi connectivity index (χ0) is 15.8. The number of anilines is 1. The molecule has 0 aliphatic heterocycles. The molecule has 0 spiro atoms. The van der Waals surface area contributed by atoms with Crippen LogP contribution in [0.1, 0.15) is 5.56 Å². The molecule has 1 amide bonds. The molecular weight excluding hydrogens is 334 g/mol. The first kappa shape index (κ1) is 17.2. The van der Waals surface area contributed by atoms with Crippen molar-refractivity contribution in [1.82, 2.24) is 5.32 Å². The summed E-state index contributed by atoms with van der Waals surface area (Å²) >= 11 is 3.48. The molecule has 0 saturated heterocycles. The van der Waals surface area contributed by atoms with Crippen LogP contribution < -0.4 is 10.2 Å². The molecule has 1 aromatic rings. The predicted octanol–water partition coefficient (Wildman–Crippen LogP) is 2.18. The second-order valence-corrected chi connectivity index (χ2v) is 5.38. The average molecular weight is 352 g/mol. The van der Waals surface area contributed by atoms with Crippen LogP contribution in [-0.2, 0) is 9.53 Å². The van der Waals surface area contributed by atoms with Crippen LogP contribution in [0, 0.1) is 11.3 Å². The Labute approximate surface area is 133 Å². The fourth-order valence-electron chi connectivity index (χ4n) is 1.65. The Morgan fingerprint density at radius 3 is 2.76 bits per heavy atom. The molecule has 0 unspecified atom stereocenters. The summed E-state index contributed by atoms with van der Waals surface area (Å²) in [7, 11) is 5.44. The molecule has 0 bridgehead atoms. The van der Waals surface area contributed by atoms with Crippen LogP contribution in [0.2, 0.25) is 0 Å². The Balaban J connectivity index is 2.91. The van der Waals surface area contributed by atoms with Crippen molar-refractivity contribution in [3.05, 3.63) is 33.8 Å². The Hall–Kier alpha value is -1.84. The molecule has 0 fully saturated rings. The summed E-state index contributed by atoms with van der Waals surface area (Å²) in [5.41, 5.74) is 1.87. The lowest BCUT2D eigenvalue weighted by molar-refractivity contribution is -0.117. The number of rotatable bonds is 6. The molecule has 0 aliphatic rings. The van der Waals surface area contributed by atoms with Gasteiger partial charge in [-0.05, 0) is 39.7 Å². The third kappa shape index (κ3) is 5.21. The smallest absolute Gasteiger partial charge is 0.262 e. The van der Waals surface area contributed by atoms with Gasteiger partial charge in [0.05, 0.1) is 12.3 Å². The number of hydrogen-bond acceptors (Lipinski definition) is 4. The first-order valence-corrected chi connectivity index (χ1v) is 7.14. The Kier molecular flexibility index (Phi) is 6.92. The van der Waals surface area contributed by atoms with Gasteiger partial charge in [0.15, 0.2) is 0 Å². The van der Waals surface area contributed by atoms with Crippen molar-refractivity contribution < 1.29 is 9.53 Å². The van der Waals surface area contributed by atoms with E-state index in [1.54, 1.807) is 13.2 Å². The van der Waals surface area contributed by atoms with Gasteiger partial charge < -0.3 is 15.0 Å². The zero-order valence-electron chi connectivity index (χ0n) is 12.3. The van der Waals surface area contributed by atoms with Gasteiger partial charge in [0.2, 0.25) is 0 Å². The summed E-state index contributed by atoms with van der Waals surface area (Å²) < 4.78 is 5.75. The van der Waals surface area contributed by atoms with E-state index in [1.165, 1.54) is 0 Å². The number of nitrogens with zero attached hydrogens (tertiary/aromatic N) is 2. The van der Waals surface area contributed by atoms with Gasteiger partial charge in [0, 0.05) is 32.2 Å². The third-order valence-electron chi connectivity index (χ3n) is 2.72. The summed E-state index contributed by atoms with van der Waals surface area (Å²) in [5, 5.41) is 11.7. The maximum Gasteiger partial charge on any atom is 0.262 e. The summed E-state index contributed by atoms with van der Waals surface area (Å²) in [6.07, 6.45) is 1.56. The van der Waals surface area contributed by atoms with E-state index >= 15 is 0 Å². The normalized spacial score (nSPS) is 10.9. The van der Waals surface area contributed by atoms with Crippen LogP contribution >= 0.6 is 15.9 Å². The SMILES string of the molecule is COCCNC(=O)/C(C#N)=C/c1ccc(N(C)C)c(Br)c1. The van der Waals surface area contributed by atoms with Crippen LogP contribution in [0.5, 0.6) is 0 Å². The summed E-state index contributed by atoms with van der Waals surface area (Å²) in [5.74, 6) is -0.401. The first-order chi connectivity index (χ1) is 9.99. The van der Waals surface area contributed by atoms with Gasteiger partial charge in [-0.15, -0.1) is 0 Å². The molecule has 5 nitrogen and oxygen atoms in total. The van der Waals surface area contributed by atoms with Crippen molar-refractivity contribution in [2.45, 2.75) is 0 Å². The standard InChI is InChI=1S/C15H18BrN3O2/c1-19(2)14-5-4-11(9-13(14)16)8-12(10-17)15(20)18-6-7-21-3/h4-5,8-9H,6-7H2,1-3H3,(H,18,20)/b12-8+. The number of carbonyl (C=O) groups excluding carboxylic acids is 1. The van der Waals surface area contributed by atoms with E-state index in [2.05, 4.69) is 21.2 Å².